The van der Waals surface area contributed by atoms with Gasteiger partial charge < -0.3 is 5.11 Å². The summed E-state index contributed by atoms with van der Waals surface area (Å²) < 4.78 is 0. The minimum absolute atomic E-state index is 0. The summed E-state index contributed by atoms with van der Waals surface area (Å²) in [5, 5.41) is 14.1. The molecule has 0 amide bonds. The zero-order valence-electron chi connectivity index (χ0n) is 4.94. The van der Waals surface area contributed by atoms with Gasteiger partial charge in [0, 0.05) is 0 Å². The fourth-order valence-corrected chi connectivity index (χ4v) is 0.459. The first kappa shape index (κ1) is 8.90. The maximum Gasteiger partial charge on any atom is 0.311 e. The Morgan fingerprint density at radius 3 is 2.90 bits per heavy atom. The van der Waals surface area contributed by atoms with Gasteiger partial charge in [0.2, 0.25) is 0 Å². The number of hydrogen-bond acceptors (Lipinski definition) is 3. The van der Waals surface area contributed by atoms with Crippen molar-refractivity contribution in [3.8, 4) is 0 Å². The molecule has 5 nitrogen and oxygen atoms in total. The molecule has 0 aliphatic rings. The molecule has 1 aromatic heterocycles. The number of carbonyl (C=O) groups is 1. The summed E-state index contributed by atoms with van der Waals surface area (Å²) in [7, 11) is 0. The Hall–Kier alpha value is -1.10. The van der Waals surface area contributed by atoms with Crippen LogP contribution >= 0.6 is 12.4 Å². The van der Waals surface area contributed by atoms with Crippen molar-refractivity contribution in [3.05, 3.63) is 12.2 Å². The molecule has 1 rings (SSSR count). The molecule has 6 heteroatoms. The highest BCUT2D eigenvalue weighted by molar-refractivity contribution is 5.85. The minimum Gasteiger partial charge on any atom is -0.481 e. The Balaban J connectivity index is 0.000000810. The van der Waals surface area contributed by atoms with E-state index in [1.54, 1.807) is 0 Å². The van der Waals surface area contributed by atoms with Crippen molar-refractivity contribution >= 4 is 18.4 Å². The van der Waals surface area contributed by atoms with Crippen LogP contribution in [0.1, 0.15) is 5.82 Å². The number of halogens is 1. The van der Waals surface area contributed by atoms with Crippen LogP contribution in [0.2, 0.25) is 0 Å². The molecule has 0 saturated carbocycles. The predicted molar refractivity (Wildman–Crippen MR) is 35.0 cm³/mol. The predicted octanol–water partition coefficient (Wildman–Crippen LogP) is -0.146. The molecule has 2 N–H and O–H groups in total. The van der Waals surface area contributed by atoms with Gasteiger partial charge in [-0.3, -0.25) is 9.89 Å². The Kier molecular flexibility index (Phi) is 3.42. The average Bonchev–Trinajstić information content (AvgIpc) is 2.15. The molecule has 1 heterocycles. The number of aliphatic carboxylic acids is 1. The van der Waals surface area contributed by atoms with Crippen molar-refractivity contribution in [1.82, 2.24) is 15.2 Å². The van der Waals surface area contributed by atoms with E-state index in [-0.39, 0.29) is 18.8 Å². The van der Waals surface area contributed by atoms with Crippen LogP contribution in [0.4, 0.5) is 0 Å². The molecule has 0 aliphatic heterocycles. The summed E-state index contributed by atoms with van der Waals surface area (Å²) >= 11 is 0. The fourth-order valence-electron chi connectivity index (χ4n) is 0.459. The summed E-state index contributed by atoms with van der Waals surface area (Å²) in [4.78, 5) is 13.6. The molecule has 0 atom stereocenters. The maximum absolute atomic E-state index is 9.98. The summed E-state index contributed by atoms with van der Waals surface area (Å²) in [6, 6.07) is 0. The van der Waals surface area contributed by atoms with E-state index in [0.29, 0.717) is 5.82 Å². The Morgan fingerprint density at radius 2 is 2.50 bits per heavy atom. The quantitative estimate of drug-likeness (QED) is 0.636. The van der Waals surface area contributed by atoms with E-state index in [4.69, 9.17) is 5.11 Å². The van der Waals surface area contributed by atoms with E-state index in [9.17, 15) is 4.79 Å². The second kappa shape index (κ2) is 3.84. The molecule has 10 heavy (non-hydrogen) atoms. The van der Waals surface area contributed by atoms with Crippen LogP contribution in [0.5, 0.6) is 0 Å². The molecule has 0 bridgehead atoms. The van der Waals surface area contributed by atoms with Crippen molar-refractivity contribution in [2.75, 3.05) is 0 Å². The van der Waals surface area contributed by atoms with Gasteiger partial charge in [-0.05, 0) is 0 Å². The van der Waals surface area contributed by atoms with Crippen molar-refractivity contribution < 1.29 is 9.90 Å². The van der Waals surface area contributed by atoms with Crippen molar-refractivity contribution in [2.45, 2.75) is 6.42 Å². The SMILES string of the molecule is Cl.O=C(O)Cc1ncn[nH]1. The first-order valence-corrected chi connectivity index (χ1v) is 2.35. The second-order valence-electron chi connectivity index (χ2n) is 1.50. The van der Waals surface area contributed by atoms with E-state index in [1.165, 1.54) is 6.33 Å². The molecule has 0 aliphatic carbocycles. The Labute approximate surface area is 62.9 Å². The van der Waals surface area contributed by atoms with Crippen LogP contribution in [0.25, 0.3) is 0 Å². The van der Waals surface area contributed by atoms with Crippen LogP contribution in [-0.4, -0.2) is 26.3 Å². The summed E-state index contributed by atoms with van der Waals surface area (Å²) in [6.45, 7) is 0. The Morgan fingerprint density at radius 1 is 1.80 bits per heavy atom. The number of carboxylic acids is 1. The maximum atomic E-state index is 9.98. The smallest absolute Gasteiger partial charge is 0.311 e. The number of aromatic amines is 1. The first-order valence-electron chi connectivity index (χ1n) is 2.35. The first-order chi connectivity index (χ1) is 4.29. The van der Waals surface area contributed by atoms with Crippen LogP contribution < -0.4 is 0 Å². The van der Waals surface area contributed by atoms with Gasteiger partial charge in [0.05, 0.1) is 0 Å². The van der Waals surface area contributed by atoms with E-state index in [1.807, 2.05) is 0 Å². The van der Waals surface area contributed by atoms with Gasteiger partial charge in [0.1, 0.15) is 18.6 Å². The normalized spacial score (nSPS) is 8.40. The van der Waals surface area contributed by atoms with Crippen molar-refractivity contribution in [1.29, 1.82) is 0 Å². The molecule has 0 unspecified atom stereocenters. The topological polar surface area (TPSA) is 78.9 Å². The van der Waals surface area contributed by atoms with Gasteiger partial charge in [0.25, 0.3) is 0 Å². The number of hydrogen-bond donors (Lipinski definition) is 2. The molecule has 56 valence electrons. The molecule has 0 spiro atoms. The summed E-state index contributed by atoms with van der Waals surface area (Å²) in [6.07, 6.45) is 1.18. The number of H-pyrrole nitrogens is 1. The molecule has 1 aromatic rings. The zero-order chi connectivity index (χ0) is 6.69. The number of carboxylic acid groups (broad SMARTS) is 1. The van der Waals surface area contributed by atoms with Gasteiger partial charge in [-0.2, -0.15) is 5.10 Å². The van der Waals surface area contributed by atoms with Gasteiger partial charge in [0.15, 0.2) is 0 Å². The minimum atomic E-state index is -0.910. The standard InChI is InChI=1S/C4H5N3O2.ClH/c8-4(9)1-3-5-2-6-7-3;/h2H,1H2,(H,8,9)(H,5,6,7);1H. The third-order valence-electron chi connectivity index (χ3n) is 0.784. The number of nitrogens with one attached hydrogen (secondary N) is 1. The van der Waals surface area contributed by atoms with E-state index < -0.39 is 5.97 Å². The lowest BCUT2D eigenvalue weighted by atomic mass is 10.4. The molecular formula is C4H6ClN3O2. The molecule has 0 saturated heterocycles. The lowest BCUT2D eigenvalue weighted by molar-refractivity contribution is -0.136. The number of nitrogens with zero attached hydrogens (tertiary/aromatic N) is 2. The lowest BCUT2D eigenvalue weighted by Gasteiger charge is -1.84. The third kappa shape index (κ3) is 2.45. The van der Waals surface area contributed by atoms with Gasteiger partial charge in [-0.1, -0.05) is 0 Å². The second-order valence-corrected chi connectivity index (χ2v) is 1.50. The number of rotatable bonds is 2. The van der Waals surface area contributed by atoms with Crippen LogP contribution in [0, 0.1) is 0 Å². The fraction of sp³-hybridized carbons (Fsp3) is 0.250. The van der Waals surface area contributed by atoms with Crippen LogP contribution in [0.3, 0.4) is 0 Å². The summed E-state index contributed by atoms with van der Waals surface area (Å²) in [5.41, 5.74) is 0. The molecule has 0 radical (unpaired) electrons. The third-order valence-corrected chi connectivity index (χ3v) is 0.784. The molecular weight excluding hydrogens is 158 g/mol. The van der Waals surface area contributed by atoms with Crippen molar-refractivity contribution in [3.63, 3.8) is 0 Å². The van der Waals surface area contributed by atoms with Gasteiger partial charge in [-0.25, -0.2) is 4.98 Å². The van der Waals surface area contributed by atoms with Crippen LogP contribution in [-0.2, 0) is 11.2 Å². The Bertz CT molecular complexity index is 198. The van der Waals surface area contributed by atoms with E-state index in [0.717, 1.165) is 0 Å². The van der Waals surface area contributed by atoms with E-state index >= 15 is 0 Å². The summed E-state index contributed by atoms with van der Waals surface area (Å²) in [5.74, 6) is -0.533. The van der Waals surface area contributed by atoms with Crippen molar-refractivity contribution in [2.24, 2.45) is 0 Å². The average molecular weight is 164 g/mol. The highest BCUT2D eigenvalue weighted by atomic mass is 35.5. The van der Waals surface area contributed by atoms with Gasteiger partial charge >= 0.3 is 5.97 Å². The van der Waals surface area contributed by atoms with E-state index in [2.05, 4.69) is 15.2 Å². The highest BCUT2D eigenvalue weighted by Crippen LogP contribution is 1.85. The monoisotopic (exact) mass is 163 g/mol. The highest BCUT2D eigenvalue weighted by Gasteiger charge is 2.00. The van der Waals surface area contributed by atoms with Gasteiger partial charge in [-0.15, -0.1) is 12.4 Å². The molecule has 0 aromatic carbocycles. The number of aromatic nitrogens is 3. The molecule has 0 fully saturated rings. The van der Waals surface area contributed by atoms with Crippen LogP contribution in [0.15, 0.2) is 6.33 Å². The lowest BCUT2D eigenvalue weighted by Crippen LogP contribution is -2.01. The largest absolute Gasteiger partial charge is 0.481 e. The zero-order valence-corrected chi connectivity index (χ0v) is 5.76.